The molecule has 1 fully saturated rings. The fraction of sp³-hybridized carbons (Fsp3) is 0.385. The van der Waals surface area contributed by atoms with Gasteiger partial charge in [0.25, 0.3) is 0 Å². The lowest BCUT2D eigenvalue weighted by atomic mass is 9.78. The maximum atomic E-state index is 13.3. The van der Waals surface area contributed by atoms with Crippen molar-refractivity contribution in [1.29, 1.82) is 0 Å². The molecule has 0 unspecified atom stereocenters. The van der Waals surface area contributed by atoms with Crippen molar-refractivity contribution in [1.82, 2.24) is 4.98 Å². The lowest BCUT2D eigenvalue weighted by molar-refractivity contribution is 0.0915. The number of hydrogen-bond acceptors (Lipinski definition) is 5. The van der Waals surface area contributed by atoms with Crippen LogP contribution in [-0.2, 0) is 17.6 Å². The molecule has 32 heavy (non-hydrogen) atoms. The number of fused-ring (bicyclic) bond motifs is 1. The summed E-state index contributed by atoms with van der Waals surface area (Å²) in [7, 11) is 0. The minimum atomic E-state index is -0.229. The van der Waals surface area contributed by atoms with Gasteiger partial charge in [0.2, 0.25) is 0 Å². The summed E-state index contributed by atoms with van der Waals surface area (Å²) in [6.07, 6.45) is 2.25. The van der Waals surface area contributed by atoms with E-state index >= 15 is 0 Å². The van der Waals surface area contributed by atoms with Gasteiger partial charge < -0.3 is 9.64 Å². The first-order valence-electron chi connectivity index (χ1n) is 11.1. The highest BCUT2D eigenvalue weighted by Crippen LogP contribution is 2.40. The fourth-order valence-electron chi connectivity index (χ4n) is 4.70. The number of Topliss-reactive ketones (excluding diaryl/α,β-unsaturated/α-hetero) is 1. The molecule has 4 nitrogen and oxygen atoms in total. The fourth-order valence-corrected chi connectivity index (χ4v) is 5.82. The minimum Gasteiger partial charge on any atom is -0.377 e. The zero-order valence-electron chi connectivity index (χ0n) is 18.4. The van der Waals surface area contributed by atoms with Crippen LogP contribution in [0.4, 0.5) is 9.52 Å². The Hall–Kier alpha value is -2.57. The summed E-state index contributed by atoms with van der Waals surface area (Å²) in [4.78, 5) is 20.7. The second-order valence-corrected chi connectivity index (χ2v) is 10.5. The van der Waals surface area contributed by atoms with E-state index in [1.165, 1.54) is 17.7 Å². The zero-order chi connectivity index (χ0) is 22.3. The molecule has 1 saturated heterocycles. The predicted octanol–water partition coefficient (Wildman–Crippen LogP) is 5.55. The second-order valence-electron chi connectivity index (χ2n) is 9.55. The standard InChI is InChI=1S/C26H27FN2O2S/c1-26(2)14-22-24(23(30)15-26)32-25(28-22)29-10-11-31-16-21(29)13-17-4-3-5-19(12-17)18-6-8-20(27)9-7-18/h3-9,12,21H,10-11,13-16H2,1-2H3/t21-/m0/s1. The summed E-state index contributed by atoms with van der Waals surface area (Å²) in [6.45, 7) is 6.34. The van der Waals surface area contributed by atoms with Crippen LogP contribution in [0.25, 0.3) is 11.1 Å². The van der Waals surface area contributed by atoms with Gasteiger partial charge in [-0.2, -0.15) is 0 Å². The van der Waals surface area contributed by atoms with Crippen molar-refractivity contribution in [2.45, 2.75) is 39.2 Å². The van der Waals surface area contributed by atoms with Crippen molar-refractivity contribution in [3.05, 3.63) is 70.5 Å². The molecule has 0 bridgehead atoms. The molecule has 0 spiro atoms. The normalized spacial score (nSPS) is 20.3. The van der Waals surface area contributed by atoms with Gasteiger partial charge >= 0.3 is 0 Å². The van der Waals surface area contributed by atoms with E-state index in [1.54, 1.807) is 11.3 Å². The van der Waals surface area contributed by atoms with Crippen LogP contribution in [0.1, 0.15) is 41.2 Å². The monoisotopic (exact) mass is 450 g/mol. The number of hydrogen-bond donors (Lipinski definition) is 0. The van der Waals surface area contributed by atoms with E-state index in [1.807, 2.05) is 24.3 Å². The summed E-state index contributed by atoms with van der Waals surface area (Å²) >= 11 is 1.54. The number of ketones is 1. The van der Waals surface area contributed by atoms with E-state index in [-0.39, 0.29) is 23.1 Å². The number of anilines is 1. The van der Waals surface area contributed by atoms with Gasteiger partial charge in [-0.05, 0) is 47.1 Å². The van der Waals surface area contributed by atoms with Gasteiger partial charge in [-0.15, -0.1) is 0 Å². The molecule has 2 aliphatic rings. The van der Waals surface area contributed by atoms with Crippen LogP contribution in [0.2, 0.25) is 0 Å². The highest BCUT2D eigenvalue weighted by atomic mass is 32.1. The van der Waals surface area contributed by atoms with Gasteiger partial charge in [0.15, 0.2) is 10.9 Å². The molecule has 1 aromatic heterocycles. The third-order valence-electron chi connectivity index (χ3n) is 6.27. The first-order chi connectivity index (χ1) is 15.4. The second kappa shape index (κ2) is 8.41. The molecule has 0 N–H and O–H groups in total. The van der Waals surface area contributed by atoms with Crippen molar-refractivity contribution in [3.8, 4) is 11.1 Å². The van der Waals surface area contributed by atoms with Crippen LogP contribution in [-0.4, -0.2) is 36.6 Å². The quantitative estimate of drug-likeness (QED) is 0.523. The van der Waals surface area contributed by atoms with Crippen molar-refractivity contribution < 1.29 is 13.9 Å². The summed E-state index contributed by atoms with van der Waals surface area (Å²) in [5.74, 6) is -0.00952. The molecular formula is C26H27FN2O2S. The maximum absolute atomic E-state index is 13.3. The summed E-state index contributed by atoms with van der Waals surface area (Å²) in [6, 6.07) is 15.1. The third kappa shape index (κ3) is 4.34. The molecule has 0 radical (unpaired) electrons. The average molecular weight is 451 g/mol. The van der Waals surface area contributed by atoms with E-state index in [4.69, 9.17) is 9.72 Å². The molecule has 166 valence electrons. The van der Waals surface area contributed by atoms with Gasteiger partial charge in [0.05, 0.1) is 29.8 Å². The first-order valence-corrected chi connectivity index (χ1v) is 11.9. The van der Waals surface area contributed by atoms with E-state index in [0.29, 0.717) is 19.6 Å². The number of morpholine rings is 1. The molecule has 1 aliphatic heterocycles. The van der Waals surface area contributed by atoms with Crippen LogP contribution >= 0.6 is 11.3 Å². The molecule has 2 aromatic carbocycles. The number of ether oxygens (including phenoxy) is 1. The van der Waals surface area contributed by atoms with E-state index < -0.39 is 0 Å². The summed E-state index contributed by atoms with van der Waals surface area (Å²) < 4.78 is 19.1. The van der Waals surface area contributed by atoms with Gasteiger partial charge in [0.1, 0.15) is 5.82 Å². The molecule has 2 heterocycles. The highest BCUT2D eigenvalue weighted by Gasteiger charge is 2.36. The van der Waals surface area contributed by atoms with Crippen LogP contribution in [0, 0.1) is 11.2 Å². The molecule has 0 amide bonds. The van der Waals surface area contributed by atoms with Crippen LogP contribution in [0.5, 0.6) is 0 Å². The number of rotatable bonds is 4. The number of thiazole rings is 1. The Labute approximate surface area is 192 Å². The molecule has 1 aliphatic carbocycles. The topological polar surface area (TPSA) is 42.4 Å². The maximum Gasteiger partial charge on any atom is 0.186 e. The van der Waals surface area contributed by atoms with Gasteiger partial charge in [-0.1, -0.05) is 61.6 Å². The van der Waals surface area contributed by atoms with Crippen molar-refractivity contribution in [2.24, 2.45) is 5.41 Å². The third-order valence-corrected chi connectivity index (χ3v) is 7.45. The van der Waals surface area contributed by atoms with E-state index in [9.17, 15) is 9.18 Å². The smallest absolute Gasteiger partial charge is 0.186 e. The Kier molecular flexibility index (Phi) is 5.59. The molecule has 5 rings (SSSR count). The van der Waals surface area contributed by atoms with Crippen LogP contribution in [0.15, 0.2) is 48.5 Å². The molecule has 0 saturated carbocycles. The zero-order valence-corrected chi connectivity index (χ0v) is 19.3. The highest BCUT2D eigenvalue weighted by molar-refractivity contribution is 7.17. The summed E-state index contributed by atoms with van der Waals surface area (Å²) in [5.41, 5.74) is 4.20. The van der Waals surface area contributed by atoms with Crippen molar-refractivity contribution in [3.63, 3.8) is 0 Å². The van der Waals surface area contributed by atoms with Gasteiger partial charge in [0, 0.05) is 13.0 Å². The Balaban J connectivity index is 1.39. The van der Waals surface area contributed by atoms with Crippen LogP contribution in [0.3, 0.4) is 0 Å². The van der Waals surface area contributed by atoms with Gasteiger partial charge in [-0.25, -0.2) is 9.37 Å². The minimum absolute atomic E-state index is 0.0272. The Morgan fingerprint density at radius 2 is 1.97 bits per heavy atom. The Morgan fingerprint density at radius 3 is 2.78 bits per heavy atom. The predicted molar refractivity (Wildman–Crippen MR) is 126 cm³/mol. The number of carbonyl (C=O) groups excluding carboxylic acids is 1. The molecule has 3 aromatic rings. The molecule has 1 atom stereocenters. The molecular weight excluding hydrogens is 423 g/mol. The van der Waals surface area contributed by atoms with Crippen molar-refractivity contribution in [2.75, 3.05) is 24.7 Å². The Bertz CT molecular complexity index is 1140. The Morgan fingerprint density at radius 1 is 1.16 bits per heavy atom. The lowest BCUT2D eigenvalue weighted by Gasteiger charge is -2.35. The van der Waals surface area contributed by atoms with Crippen LogP contribution < -0.4 is 4.90 Å². The average Bonchev–Trinajstić information content (AvgIpc) is 3.18. The van der Waals surface area contributed by atoms with Crippen molar-refractivity contribution >= 4 is 22.3 Å². The summed E-state index contributed by atoms with van der Waals surface area (Å²) in [5, 5.41) is 0.934. The number of halogens is 1. The van der Waals surface area contributed by atoms with Gasteiger partial charge in [-0.3, -0.25) is 4.79 Å². The lowest BCUT2D eigenvalue weighted by Crippen LogP contribution is -2.46. The largest absolute Gasteiger partial charge is 0.377 e. The number of benzene rings is 2. The number of aromatic nitrogens is 1. The number of carbonyl (C=O) groups is 1. The molecule has 6 heteroatoms. The number of nitrogens with zero attached hydrogens (tertiary/aromatic N) is 2. The SMILES string of the molecule is CC1(C)CC(=O)c2sc(N3CCOC[C@@H]3Cc3cccc(-c4ccc(F)cc4)c3)nc2C1. The van der Waals surface area contributed by atoms with E-state index in [0.717, 1.165) is 46.2 Å². The first kappa shape index (κ1) is 21.3. The van der Waals surface area contributed by atoms with E-state index in [2.05, 4.69) is 30.9 Å².